The standard InChI is InChI=1S/C37H40N4O3/c1-2-44-36(43)26-40(25-33(28-10-5-3-6-11-28)29-12-7-4-8-13-29)32-20-21-34-31(24-32)14-9-23-41(34)35(42)22-17-27-15-18-30(19-16-27)37(38)39/h3-8,10-13,15-16,18-21,24,33H,2,9,14,17,22-23,25-26H2,1H3,(H3,38,39). The first kappa shape index (κ1) is 30.5. The molecule has 4 aromatic carbocycles. The number of aryl methyl sites for hydroxylation is 2. The van der Waals surface area contributed by atoms with Crippen molar-refractivity contribution in [1.82, 2.24) is 0 Å². The molecule has 44 heavy (non-hydrogen) atoms. The fourth-order valence-corrected chi connectivity index (χ4v) is 5.89. The Morgan fingerprint density at radius 1 is 0.932 bits per heavy atom. The van der Waals surface area contributed by atoms with E-state index in [1.54, 1.807) is 0 Å². The van der Waals surface area contributed by atoms with Crippen molar-refractivity contribution in [2.24, 2.45) is 5.73 Å². The number of nitrogens with zero attached hydrogens (tertiary/aromatic N) is 2. The van der Waals surface area contributed by atoms with Gasteiger partial charge in [-0.05, 0) is 66.6 Å². The van der Waals surface area contributed by atoms with E-state index in [0.29, 0.717) is 38.1 Å². The maximum atomic E-state index is 13.4. The van der Waals surface area contributed by atoms with Gasteiger partial charge in [0, 0.05) is 42.4 Å². The first-order valence-corrected chi connectivity index (χ1v) is 15.3. The van der Waals surface area contributed by atoms with Gasteiger partial charge in [0.1, 0.15) is 12.4 Å². The highest BCUT2D eigenvalue weighted by Crippen LogP contribution is 2.34. The fourth-order valence-electron chi connectivity index (χ4n) is 5.89. The van der Waals surface area contributed by atoms with Crippen LogP contribution in [-0.2, 0) is 27.2 Å². The van der Waals surface area contributed by atoms with Crippen LogP contribution in [0.1, 0.15) is 53.5 Å². The summed E-state index contributed by atoms with van der Waals surface area (Å²) >= 11 is 0. The number of esters is 1. The van der Waals surface area contributed by atoms with Crippen molar-refractivity contribution in [3.63, 3.8) is 0 Å². The van der Waals surface area contributed by atoms with E-state index in [-0.39, 0.29) is 30.2 Å². The van der Waals surface area contributed by atoms with Gasteiger partial charge in [-0.15, -0.1) is 0 Å². The summed E-state index contributed by atoms with van der Waals surface area (Å²) in [6.07, 6.45) is 2.76. The largest absolute Gasteiger partial charge is 0.465 e. The first-order chi connectivity index (χ1) is 21.4. The maximum absolute atomic E-state index is 13.4. The third kappa shape index (κ3) is 7.53. The Morgan fingerprint density at radius 2 is 1.59 bits per heavy atom. The zero-order chi connectivity index (χ0) is 30.9. The van der Waals surface area contributed by atoms with Gasteiger partial charge in [-0.25, -0.2) is 0 Å². The Bertz CT molecular complexity index is 1530. The van der Waals surface area contributed by atoms with E-state index in [4.69, 9.17) is 15.9 Å². The van der Waals surface area contributed by atoms with Crippen molar-refractivity contribution in [2.45, 2.75) is 38.5 Å². The maximum Gasteiger partial charge on any atom is 0.325 e. The Morgan fingerprint density at radius 3 is 2.20 bits per heavy atom. The van der Waals surface area contributed by atoms with Gasteiger partial charge < -0.3 is 20.3 Å². The number of fused-ring (bicyclic) bond motifs is 1. The topological polar surface area (TPSA) is 99.7 Å². The van der Waals surface area contributed by atoms with E-state index in [1.165, 1.54) is 11.1 Å². The van der Waals surface area contributed by atoms with Crippen LogP contribution in [0.2, 0.25) is 0 Å². The highest BCUT2D eigenvalue weighted by atomic mass is 16.5. The highest BCUT2D eigenvalue weighted by molar-refractivity contribution is 5.96. The predicted molar refractivity (Wildman–Crippen MR) is 176 cm³/mol. The lowest BCUT2D eigenvalue weighted by Crippen LogP contribution is -2.37. The minimum Gasteiger partial charge on any atom is -0.465 e. The molecule has 0 bridgehead atoms. The molecule has 3 N–H and O–H groups in total. The number of hydrogen-bond donors (Lipinski definition) is 2. The summed E-state index contributed by atoms with van der Waals surface area (Å²) in [5.74, 6) is -0.0944. The lowest BCUT2D eigenvalue weighted by molar-refractivity contribution is -0.141. The van der Waals surface area contributed by atoms with Gasteiger partial charge in [-0.3, -0.25) is 15.0 Å². The van der Waals surface area contributed by atoms with Crippen LogP contribution in [0.5, 0.6) is 0 Å². The third-order valence-corrected chi connectivity index (χ3v) is 8.17. The normalized spacial score (nSPS) is 12.5. The zero-order valence-corrected chi connectivity index (χ0v) is 25.2. The van der Waals surface area contributed by atoms with Crippen LogP contribution in [-0.4, -0.2) is 44.0 Å². The number of nitrogens with one attached hydrogen (secondary N) is 1. The van der Waals surface area contributed by atoms with Crippen LogP contribution in [0.25, 0.3) is 0 Å². The van der Waals surface area contributed by atoms with E-state index in [2.05, 4.69) is 35.2 Å². The molecular weight excluding hydrogens is 548 g/mol. The number of hydrogen-bond acceptors (Lipinski definition) is 5. The molecule has 0 aromatic heterocycles. The molecule has 4 aromatic rings. The minimum absolute atomic E-state index is 0.0355. The van der Waals surface area contributed by atoms with Crippen molar-refractivity contribution >= 4 is 29.1 Å². The Balaban J connectivity index is 1.38. The average Bonchev–Trinajstić information content (AvgIpc) is 3.06. The third-order valence-electron chi connectivity index (χ3n) is 8.17. The Labute approximate surface area is 259 Å². The molecule has 5 rings (SSSR count). The highest BCUT2D eigenvalue weighted by Gasteiger charge is 2.26. The Kier molecular flexibility index (Phi) is 10.1. The van der Waals surface area contributed by atoms with Gasteiger partial charge in [0.15, 0.2) is 0 Å². The first-order valence-electron chi connectivity index (χ1n) is 15.3. The van der Waals surface area contributed by atoms with Crippen molar-refractivity contribution in [2.75, 3.05) is 36.0 Å². The predicted octanol–water partition coefficient (Wildman–Crippen LogP) is 6.08. The zero-order valence-electron chi connectivity index (χ0n) is 25.2. The summed E-state index contributed by atoms with van der Waals surface area (Å²) in [6, 6.07) is 34.5. The molecule has 0 atom stereocenters. The Hall–Kier alpha value is -4.91. The van der Waals surface area contributed by atoms with Crippen LogP contribution < -0.4 is 15.5 Å². The molecule has 0 saturated carbocycles. The van der Waals surface area contributed by atoms with Crippen LogP contribution in [0.15, 0.2) is 103 Å². The number of carbonyl (C=O) groups excluding carboxylic acids is 2. The number of anilines is 2. The molecule has 1 aliphatic rings. The van der Waals surface area contributed by atoms with Crippen LogP contribution in [0.3, 0.4) is 0 Å². The monoisotopic (exact) mass is 588 g/mol. The number of amidine groups is 1. The van der Waals surface area contributed by atoms with Crippen molar-refractivity contribution in [3.8, 4) is 0 Å². The van der Waals surface area contributed by atoms with Gasteiger partial charge >= 0.3 is 5.97 Å². The smallest absolute Gasteiger partial charge is 0.325 e. The van der Waals surface area contributed by atoms with Gasteiger partial charge in [-0.1, -0.05) is 84.9 Å². The van der Waals surface area contributed by atoms with Crippen molar-refractivity contribution in [3.05, 3.63) is 131 Å². The number of ether oxygens (including phenoxy) is 1. The minimum atomic E-state index is -0.266. The molecule has 7 heteroatoms. The van der Waals surface area contributed by atoms with E-state index in [1.807, 2.05) is 84.6 Å². The molecule has 0 aliphatic carbocycles. The summed E-state index contributed by atoms with van der Waals surface area (Å²) in [4.78, 5) is 30.2. The summed E-state index contributed by atoms with van der Waals surface area (Å²) in [7, 11) is 0. The average molecular weight is 589 g/mol. The van der Waals surface area contributed by atoms with Gasteiger partial charge in [-0.2, -0.15) is 0 Å². The van der Waals surface area contributed by atoms with E-state index in [0.717, 1.165) is 35.3 Å². The summed E-state index contributed by atoms with van der Waals surface area (Å²) in [5, 5.41) is 7.58. The lowest BCUT2D eigenvalue weighted by atomic mass is 9.90. The quantitative estimate of drug-likeness (QED) is 0.119. The molecule has 1 aliphatic heterocycles. The second kappa shape index (κ2) is 14.5. The second-order valence-corrected chi connectivity index (χ2v) is 11.1. The molecule has 0 spiro atoms. The van der Waals surface area contributed by atoms with E-state index in [9.17, 15) is 9.59 Å². The van der Waals surface area contributed by atoms with Crippen molar-refractivity contribution < 1.29 is 14.3 Å². The molecule has 0 unspecified atom stereocenters. The lowest BCUT2D eigenvalue weighted by Gasteiger charge is -2.33. The number of nitrogen functional groups attached to an aromatic ring is 1. The summed E-state index contributed by atoms with van der Waals surface area (Å²) < 4.78 is 5.38. The van der Waals surface area contributed by atoms with Gasteiger partial charge in [0.05, 0.1) is 6.61 Å². The number of nitrogens with two attached hydrogens (primary N) is 1. The summed E-state index contributed by atoms with van der Waals surface area (Å²) in [5.41, 5.74) is 12.6. The molecule has 1 heterocycles. The molecule has 0 fully saturated rings. The molecule has 0 saturated heterocycles. The van der Waals surface area contributed by atoms with E-state index < -0.39 is 0 Å². The number of rotatable bonds is 12. The van der Waals surface area contributed by atoms with Crippen LogP contribution in [0.4, 0.5) is 11.4 Å². The number of amides is 1. The van der Waals surface area contributed by atoms with Gasteiger partial charge in [0.2, 0.25) is 5.91 Å². The summed E-state index contributed by atoms with van der Waals surface area (Å²) in [6.45, 7) is 3.57. The van der Waals surface area contributed by atoms with Gasteiger partial charge in [0.25, 0.3) is 0 Å². The fraction of sp³-hybridized carbons (Fsp3) is 0.270. The number of benzene rings is 4. The van der Waals surface area contributed by atoms with Crippen LogP contribution in [0, 0.1) is 5.41 Å². The molecule has 226 valence electrons. The molecule has 1 amide bonds. The number of carbonyl (C=O) groups is 2. The van der Waals surface area contributed by atoms with Crippen LogP contribution >= 0.6 is 0 Å². The SMILES string of the molecule is CCOC(=O)CN(CC(c1ccccc1)c1ccccc1)c1ccc2c(c1)CCCN2C(=O)CCc1ccc(C(=N)N)cc1. The van der Waals surface area contributed by atoms with E-state index >= 15 is 0 Å². The molecule has 7 nitrogen and oxygen atoms in total. The molecule has 0 radical (unpaired) electrons. The van der Waals surface area contributed by atoms with Crippen molar-refractivity contribution in [1.29, 1.82) is 5.41 Å². The second-order valence-electron chi connectivity index (χ2n) is 11.1. The molecular formula is C37H40N4O3.